The number of hydrogen-bond acceptors (Lipinski definition) is 4. The second-order valence-corrected chi connectivity index (χ2v) is 4.74. The van der Waals surface area contributed by atoms with E-state index in [2.05, 4.69) is 5.32 Å². The van der Waals surface area contributed by atoms with Gasteiger partial charge in [0.1, 0.15) is 11.8 Å². The number of rotatable bonds is 6. The van der Waals surface area contributed by atoms with Gasteiger partial charge in [0.05, 0.1) is 5.60 Å². The van der Waals surface area contributed by atoms with E-state index < -0.39 is 5.60 Å². The molecule has 0 amide bonds. The number of aliphatic hydroxyl groups is 1. The van der Waals surface area contributed by atoms with Crippen LogP contribution in [-0.2, 0) is 6.54 Å². The number of benzene rings is 1. The lowest BCUT2D eigenvalue weighted by atomic mass is 9.80. The molecule has 4 heteroatoms. The van der Waals surface area contributed by atoms with Crippen LogP contribution in [-0.4, -0.2) is 23.9 Å². The minimum Gasteiger partial charge on any atom is -0.478 e. The Bertz CT molecular complexity index is 436. The smallest absolute Gasteiger partial charge is 0.174 e. The fourth-order valence-electron chi connectivity index (χ4n) is 2.09. The highest BCUT2D eigenvalue weighted by Crippen LogP contribution is 2.30. The van der Waals surface area contributed by atoms with Crippen LogP contribution in [0.25, 0.3) is 0 Å². The van der Waals surface area contributed by atoms with E-state index in [1.165, 1.54) is 0 Å². The van der Waals surface area contributed by atoms with Crippen LogP contribution in [0.5, 0.6) is 5.75 Å². The summed E-state index contributed by atoms with van der Waals surface area (Å²) >= 11 is 0. The van der Waals surface area contributed by atoms with Gasteiger partial charge in [-0.05, 0) is 25.3 Å². The van der Waals surface area contributed by atoms with E-state index in [1.807, 2.05) is 30.3 Å². The van der Waals surface area contributed by atoms with Crippen LogP contribution in [0.2, 0.25) is 0 Å². The van der Waals surface area contributed by atoms with Crippen molar-refractivity contribution in [2.75, 3.05) is 13.2 Å². The van der Waals surface area contributed by atoms with Crippen molar-refractivity contribution in [1.82, 2.24) is 5.32 Å². The maximum Gasteiger partial charge on any atom is 0.174 e. The molecule has 2 N–H and O–H groups in total. The van der Waals surface area contributed by atoms with Gasteiger partial charge in [-0.25, -0.2) is 0 Å². The molecule has 1 aliphatic carbocycles. The predicted octanol–water partition coefficient (Wildman–Crippen LogP) is 1.59. The number of hydrogen-bond donors (Lipinski definition) is 2. The van der Waals surface area contributed by atoms with Crippen molar-refractivity contribution >= 4 is 0 Å². The second-order valence-electron chi connectivity index (χ2n) is 4.74. The minimum absolute atomic E-state index is 0.0565. The Balaban J connectivity index is 1.86. The van der Waals surface area contributed by atoms with Gasteiger partial charge in [0.15, 0.2) is 6.61 Å². The van der Waals surface area contributed by atoms with Crippen molar-refractivity contribution in [2.45, 2.75) is 31.4 Å². The Morgan fingerprint density at radius 3 is 2.83 bits per heavy atom. The molecule has 0 saturated heterocycles. The summed E-state index contributed by atoms with van der Waals surface area (Å²) < 4.78 is 5.35. The average molecular weight is 246 g/mol. The Kier molecular flexibility index (Phi) is 4.19. The summed E-state index contributed by atoms with van der Waals surface area (Å²) in [5, 5.41) is 21.7. The molecule has 2 rings (SSSR count). The van der Waals surface area contributed by atoms with E-state index in [0.717, 1.165) is 30.6 Å². The number of nitrogens with zero attached hydrogens (tertiary/aromatic N) is 1. The van der Waals surface area contributed by atoms with Gasteiger partial charge in [0.2, 0.25) is 0 Å². The first-order chi connectivity index (χ1) is 8.73. The number of nitriles is 1. The van der Waals surface area contributed by atoms with E-state index in [1.54, 1.807) is 0 Å². The molecule has 0 aliphatic heterocycles. The van der Waals surface area contributed by atoms with E-state index in [0.29, 0.717) is 13.1 Å². The first-order valence-electron chi connectivity index (χ1n) is 6.24. The number of nitrogens with one attached hydrogen (secondary N) is 1. The predicted molar refractivity (Wildman–Crippen MR) is 68.1 cm³/mol. The molecule has 1 fully saturated rings. The van der Waals surface area contributed by atoms with E-state index in [-0.39, 0.29) is 6.61 Å². The lowest BCUT2D eigenvalue weighted by Crippen LogP contribution is -2.46. The van der Waals surface area contributed by atoms with Crippen molar-refractivity contribution in [1.29, 1.82) is 5.26 Å². The largest absolute Gasteiger partial charge is 0.478 e. The monoisotopic (exact) mass is 246 g/mol. The molecule has 1 aromatic rings. The summed E-state index contributed by atoms with van der Waals surface area (Å²) in [5.74, 6) is 0.729. The van der Waals surface area contributed by atoms with Crippen LogP contribution in [0, 0.1) is 11.3 Å². The van der Waals surface area contributed by atoms with Crippen molar-refractivity contribution in [3.8, 4) is 11.8 Å². The summed E-state index contributed by atoms with van der Waals surface area (Å²) in [6, 6.07) is 9.60. The van der Waals surface area contributed by atoms with Gasteiger partial charge < -0.3 is 15.2 Å². The third kappa shape index (κ3) is 3.22. The number of ether oxygens (including phenoxy) is 1. The maximum atomic E-state index is 9.96. The third-order valence-corrected chi connectivity index (χ3v) is 3.32. The van der Waals surface area contributed by atoms with Crippen LogP contribution in [0.4, 0.5) is 0 Å². The summed E-state index contributed by atoms with van der Waals surface area (Å²) in [6.45, 7) is 1.31. The number of para-hydroxylation sites is 1. The molecule has 0 spiro atoms. The Morgan fingerprint density at radius 2 is 2.17 bits per heavy atom. The van der Waals surface area contributed by atoms with E-state index in [4.69, 9.17) is 10.00 Å². The van der Waals surface area contributed by atoms with E-state index >= 15 is 0 Å². The molecule has 4 nitrogen and oxygen atoms in total. The zero-order chi connectivity index (χ0) is 12.8. The van der Waals surface area contributed by atoms with Crippen molar-refractivity contribution in [3.63, 3.8) is 0 Å². The summed E-state index contributed by atoms with van der Waals surface area (Å²) in [7, 11) is 0. The first-order valence-corrected chi connectivity index (χ1v) is 6.24. The molecular weight excluding hydrogens is 228 g/mol. The highest BCUT2D eigenvalue weighted by molar-refractivity contribution is 5.33. The fraction of sp³-hybridized carbons (Fsp3) is 0.500. The Hall–Kier alpha value is -1.57. The van der Waals surface area contributed by atoms with Crippen LogP contribution in [0.1, 0.15) is 24.8 Å². The van der Waals surface area contributed by atoms with Gasteiger partial charge in [-0.3, -0.25) is 0 Å². The summed E-state index contributed by atoms with van der Waals surface area (Å²) in [6.07, 6.45) is 2.87. The molecule has 0 bridgehead atoms. The highest BCUT2D eigenvalue weighted by Gasteiger charge is 2.33. The molecule has 1 aliphatic rings. The zero-order valence-corrected chi connectivity index (χ0v) is 10.4. The maximum absolute atomic E-state index is 9.96. The zero-order valence-electron chi connectivity index (χ0n) is 10.4. The molecular formula is C14H18N2O2. The molecule has 1 aromatic carbocycles. The van der Waals surface area contributed by atoms with Crippen LogP contribution >= 0.6 is 0 Å². The lowest BCUT2D eigenvalue weighted by Gasteiger charge is -2.36. The topological polar surface area (TPSA) is 65.3 Å². The minimum atomic E-state index is -0.511. The second kappa shape index (κ2) is 5.85. The molecule has 0 radical (unpaired) electrons. The van der Waals surface area contributed by atoms with Gasteiger partial charge in [-0.2, -0.15) is 5.26 Å². The molecule has 1 saturated carbocycles. The Labute approximate surface area is 107 Å². The normalized spacial score (nSPS) is 16.7. The van der Waals surface area contributed by atoms with Gasteiger partial charge >= 0.3 is 0 Å². The lowest BCUT2D eigenvalue weighted by molar-refractivity contribution is -0.0315. The van der Waals surface area contributed by atoms with Crippen molar-refractivity contribution in [2.24, 2.45) is 0 Å². The highest BCUT2D eigenvalue weighted by atomic mass is 16.5. The van der Waals surface area contributed by atoms with Crippen LogP contribution < -0.4 is 10.1 Å². The quantitative estimate of drug-likeness (QED) is 0.800. The first kappa shape index (κ1) is 12.9. The average Bonchev–Trinajstić information content (AvgIpc) is 2.35. The van der Waals surface area contributed by atoms with Gasteiger partial charge in [-0.15, -0.1) is 0 Å². The molecule has 0 heterocycles. The molecule has 0 aromatic heterocycles. The van der Waals surface area contributed by atoms with Crippen molar-refractivity contribution in [3.05, 3.63) is 29.8 Å². The van der Waals surface area contributed by atoms with Gasteiger partial charge in [0, 0.05) is 18.7 Å². The summed E-state index contributed by atoms with van der Waals surface area (Å²) in [4.78, 5) is 0. The molecule has 96 valence electrons. The standard InChI is InChI=1S/C14H18N2O2/c15-8-9-18-13-5-2-1-4-12(13)10-16-11-14(17)6-3-7-14/h1-2,4-5,16-17H,3,6-7,9-11H2. The fourth-order valence-corrected chi connectivity index (χ4v) is 2.09. The Morgan fingerprint density at radius 1 is 1.39 bits per heavy atom. The molecule has 0 unspecified atom stereocenters. The SMILES string of the molecule is N#CCOc1ccccc1CNCC1(O)CCC1. The summed E-state index contributed by atoms with van der Waals surface area (Å²) in [5.41, 5.74) is 0.498. The van der Waals surface area contributed by atoms with Crippen LogP contribution in [0.15, 0.2) is 24.3 Å². The van der Waals surface area contributed by atoms with Gasteiger partial charge in [0.25, 0.3) is 0 Å². The third-order valence-electron chi connectivity index (χ3n) is 3.32. The van der Waals surface area contributed by atoms with E-state index in [9.17, 15) is 5.11 Å². The molecule has 18 heavy (non-hydrogen) atoms. The van der Waals surface area contributed by atoms with Crippen molar-refractivity contribution < 1.29 is 9.84 Å². The molecule has 0 atom stereocenters. The van der Waals surface area contributed by atoms with Gasteiger partial charge in [-0.1, -0.05) is 18.2 Å². The van der Waals surface area contributed by atoms with Crippen LogP contribution in [0.3, 0.4) is 0 Å².